The Balaban J connectivity index is 1.48. The van der Waals surface area contributed by atoms with Gasteiger partial charge in [0, 0.05) is 15.6 Å². The van der Waals surface area contributed by atoms with E-state index in [9.17, 15) is 14.0 Å². The van der Waals surface area contributed by atoms with Crippen molar-refractivity contribution < 1.29 is 23.5 Å². The minimum Gasteiger partial charge on any atom is -0.490 e. The molecule has 3 aromatic rings. The molecular formula is C23H19ClFNO4S. The molecule has 3 aromatic carbocycles. The van der Waals surface area contributed by atoms with E-state index in [0.717, 1.165) is 0 Å². The number of hydrogen-bond donors (Lipinski definition) is 1. The first-order valence-corrected chi connectivity index (χ1v) is 10.7. The van der Waals surface area contributed by atoms with Crippen molar-refractivity contribution in [3.63, 3.8) is 0 Å². The van der Waals surface area contributed by atoms with Crippen LogP contribution in [0.1, 0.15) is 10.4 Å². The van der Waals surface area contributed by atoms with E-state index in [0.29, 0.717) is 26.9 Å². The van der Waals surface area contributed by atoms with Crippen molar-refractivity contribution in [2.24, 2.45) is 0 Å². The van der Waals surface area contributed by atoms with E-state index < -0.39 is 5.97 Å². The monoisotopic (exact) mass is 459 g/mol. The van der Waals surface area contributed by atoms with Crippen molar-refractivity contribution in [2.45, 2.75) is 4.90 Å². The average Bonchev–Trinajstić information content (AvgIpc) is 2.78. The molecule has 0 saturated heterocycles. The Labute approximate surface area is 188 Å². The third-order valence-corrected chi connectivity index (χ3v) is 5.32. The van der Waals surface area contributed by atoms with E-state index in [-0.39, 0.29) is 30.7 Å². The first-order valence-electron chi connectivity index (χ1n) is 9.34. The molecular weight excluding hydrogens is 441 g/mol. The van der Waals surface area contributed by atoms with Gasteiger partial charge in [-0.25, -0.2) is 9.18 Å². The zero-order chi connectivity index (χ0) is 22.1. The molecule has 0 radical (unpaired) electrons. The molecule has 0 fully saturated rings. The van der Waals surface area contributed by atoms with Gasteiger partial charge in [-0.3, -0.25) is 4.79 Å². The molecule has 3 rings (SSSR count). The van der Waals surface area contributed by atoms with Crippen LogP contribution in [-0.2, 0) is 9.53 Å². The molecule has 0 bridgehead atoms. The molecule has 5 nitrogen and oxygen atoms in total. The first kappa shape index (κ1) is 22.7. The molecule has 0 aliphatic carbocycles. The molecule has 0 atom stereocenters. The Hall–Kier alpha value is -3.03. The summed E-state index contributed by atoms with van der Waals surface area (Å²) < 4.78 is 23.7. The lowest BCUT2D eigenvalue weighted by molar-refractivity contribution is -0.113. The quantitative estimate of drug-likeness (QED) is 0.262. The van der Waals surface area contributed by atoms with E-state index in [1.807, 2.05) is 0 Å². The van der Waals surface area contributed by atoms with Crippen LogP contribution in [0.4, 0.5) is 10.1 Å². The van der Waals surface area contributed by atoms with Gasteiger partial charge in [0.05, 0.1) is 11.3 Å². The highest BCUT2D eigenvalue weighted by Gasteiger charge is 2.14. The molecule has 0 aliphatic heterocycles. The van der Waals surface area contributed by atoms with Crippen LogP contribution in [0.15, 0.2) is 77.7 Å². The normalized spacial score (nSPS) is 10.4. The fourth-order valence-corrected chi connectivity index (χ4v) is 3.50. The number of amides is 1. The Morgan fingerprint density at radius 1 is 0.935 bits per heavy atom. The highest BCUT2D eigenvalue weighted by molar-refractivity contribution is 8.00. The van der Waals surface area contributed by atoms with Crippen LogP contribution in [0.2, 0.25) is 5.02 Å². The van der Waals surface area contributed by atoms with Crippen molar-refractivity contribution in [3.8, 4) is 5.75 Å². The number of benzene rings is 3. The largest absolute Gasteiger partial charge is 0.490 e. The first-order chi connectivity index (χ1) is 15.0. The zero-order valence-corrected chi connectivity index (χ0v) is 17.9. The number of thioether (sulfide) groups is 1. The van der Waals surface area contributed by atoms with E-state index in [1.54, 1.807) is 48.5 Å². The Kier molecular flexibility index (Phi) is 8.32. The third kappa shape index (κ3) is 7.31. The van der Waals surface area contributed by atoms with Crippen LogP contribution in [0.3, 0.4) is 0 Å². The Bertz CT molecular complexity index is 1030. The van der Waals surface area contributed by atoms with E-state index in [2.05, 4.69) is 5.32 Å². The SMILES string of the molecule is O=C(CSc1ccccc1C(=O)OCCOc1ccc(Cl)cc1)Nc1ccc(F)cc1. The number of rotatable bonds is 9. The summed E-state index contributed by atoms with van der Waals surface area (Å²) in [6.45, 7) is 0.272. The smallest absolute Gasteiger partial charge is 0.339 e. The molecule has 0 unspecified atom stereocenters. The number of carbonyl (C=O) groups is 2. The predicted molar refractivity (Wildman–Crippen MR) is 119 cm³/mol. The summed E-state index contributed by atoms with van der Waals surface area (Å²) in [4.78, 5) is 25.2. The second-order valence-corrected chi connectivity index (χ2v) is 7.73. The number of nitrogens with one attached hydrogen (secondary N) is 1. The van der Waals surface area contributed by atoms with Crippen LogP contribution < -0.4 is 10.1 Å². The standard InChI is InChI=1S/C23H19ClFNO4S/c24-16-5-11-19(12-6-16)29-13-14-30-23(28)20-3-1-2-4-21(20)31-15-22(27)26-18-9-7-17(25)8-10-18/h1-12H,13-15H2,(H,26,27). The Morgan fingerprint density at radius 2 is 1.65 bits per heavy atom. The summed E-state index contributed by atoms with van der Waals surface area (Å²) in [5, 5.41) is 3.29. The summed E-state index contributed by atoms with van der Waals surface area (Å²) in [7, 11) is 0. The number of ether oxygens (including phenoxy) is 2. The number of hydrogen-bond acceptors (Lipinski definition) is 5. The van der Waals surface area contributed by atoms with Gasteiger partial charge in [0.25, 0.3) is 0 Å². The van der Waals surface area contributed by atoms with Crippen LogP contribution in [0.25, 0.3) is 0 Å². The minimum atomic E-state index is -0.498. The Morgan fingerprint density at radius 3 is 2.39 bits per heavy atom. The van der Waals surface area contributed by atoms with E-state index in [1.165, 1.54) is 36.0 Å². The highest BCUT2D eigenvalue weighted by Crippen LogP contribution is 2.24. The van der Waals surface area contributed by atoms with Gasteiger partial charge >= 0.3 is 5.97 Å². The summed E-state index contributed by atoms with van der Waals surface area (Å²) >= 11 is 7.04. The van der Waals surface area contributed by atoms with Crippen molar-refractivity contribution in [2.75, 3.05) is 24.3 Å². The lowest BCUT2D eigenvalue weighted by Gasteiger charge is -2.10. The number of carbonyl (C=O) groups excluding carboxylic acids is 2. The van der Waals surface area contributed by atoms with Gasteiger partial charge < -0.3 is 14.8 Å². The predicted octanol–water partition coefficient (Wildman–Crippen LogP) is 5.45. The van der Waals surface area contributed by atoms with Crippen molar-refractivity contribution >= 4 is 40.9 Å². The molecule has 0 heterocycles. The molecule has 0 spiro atoms. The second kappa shape index (κ2) is 11.4. The summed E-state index contributed by atoms with van der Waals surface area (Å²) in [6, 6.07) is 19.3. The molecule has 1 amide bonds. The van der Waals surface area contributed by atoms with Crippen molar-refractivity contribution in [3.05, 3.63) is 89.2 Å². The molecule has 8 heteroatoms. The average molecular weight is 460 g/mol. The molecule has 0 aromatic heterocycles. The maximum absolute atomic E-state index is 13.0. The van der Waals surface area contributed by atoms with Gasteiger partial charge in [-0.2, -0.15) is 0 Å². The summed E-state index contributed by atoms with van der Waals surface area (Å²) in [5.74, 6) is -0.429. The molecule has 160 valence electrons. The van der Waals surface area contributed by atoms with Crippen LogP contribution >= 0.6 is 23.4 Å². The second-order valence-electron chi connectivity index (χ2n) is 6.28. The fourth-order valence-electron chi connectivity index (χ4n) is 2.54. The molecule has 1 N–H and O–H groups in total. The molecule has 31 heavy (non-hydrogen) atoms. The van der Waals surface area contributed by atoms with Crippen LogP contribution in [-0.4, -0.2) is 30.8 Å². The number of esters is 1. The van der Waals surface area contributed by atoms with Gasteiger partial charge in [0.1, 0.15) is 24.8 Å². The van der Waals surface area contributed by atoms with E-state index in [4.69, 9.17) is 21.1 Å². The van der Waals surface area contributed by atoms with Gasteiger partial charge in [0.2, 0.25) is 5.91 Å². The minimum absolute atomic E-state index is 0.0749. The van der Waals surface area contributed by atoms with Crippen molar-refractivity contribution in [1.82, 2.24) is 0 Å². The lowest BCUT2D eigenvalue weighted by atomic mass is 10.2. The van der Waals surface area contributed by atoms with Crippen molar-refractivity contribution in [1.29, 1.82) is 0 Å². The lowest BCUT2D eigenvalue weighted by Crippen LogP contribution is -2.15. The fraction of sp³-hybridized carbons (Fsp3) is 0.130. The maximum atomic E-state index is 13.0. The topological polar surface area (TPSA) is 64.6 Å². The van der Waals surface area contributed by atoms with Gasteiger partial charge in [-0.1, -0.05) is 23.7 Å². The zero-order valence-electron chi connectivity index (χ0n) is 16.3. The summed E-state index contributed by atoms with van der Waals surface area (Å²) in [5.41, 5.74) is 0.869. The van der Waals surface area contributed by atoms with Crippen LogP contribution in [0, 0.1) is 5.82 Å². The highest BCUT2D eigenvalue weighted by atomic mass is 35.5. The molecule has 0 saturated carbocycles. The van der Waals surface area contributed by atoms with Crippen LogP contribution in [0.5, 0.6) is 5.75 Å². The third-order valence-electron chi connectivity index (χ3n) is 3.99. The van der Waals surface area contributed by atoms with Gasteiger partial charge in [0.15, 0.2) is 0 Å². The number of anilines is 1. The maximum Gasteiger partial charge on any atom is 0.339 e. The number of halogens is 2. The van der Waals surface area contributed by atoms with E-state index >= 15 is 0 Å². The van der Waals surface area contributed by atoms with Gasteiger partial charge in [-0.15, -0.1) is 11.8 Å². The molecule has 0 aliphatic rings. The summed E-state index contributed by atoms with van der Waals surface area (Å²) in [6.07, 6.45) is 0. The van der Waals surface area contributed by atoms with Gasteiger partial charge in [-0.05, 0) is 60.7 Å².